The van der Waals surface area contributed by atoms with E-state index >= 15 is 4.39 Å². The van der Waals surface area contributed by atoms with E-state index in [-0.39, 0.29) is 11.3 Å². The van der Waals surface area contributed by atoms with Gasteiger partial charge in [-0.15, -0.1) is 0 Å². The maximum atomic E-state index is 15.6. The fourth-order valence-electron chi connectivity index (χ4n) is 6.62. The summed E-state index contributed by atoms with van der Waals surface area (Å²) in [4.78, 5) is 0. The Labute approximate surface area is 244 Å². The molecule has 4 aliphatic rings. The second-order valence-electron chi connectivity index (χ2n) is 12.6. The van der Waals surface area contributed by atoms with Gasteiger partial charge < -0.3 is 5.73 Å². The Morgan fingerprint density at radius 2 is 1.51 bits per heavy atom. The van der Waals surface area contributed by atoms with Crippen molar-refractivity contribution >= 4 is 0 Å². The van der Waals surface area contributed by atoms with Gasteiger partial charge in [0.05, 0.1) is 11.7 Å². The first-order chi connectivity index (χ1) is 19.6. The van der Waals surface area contributed by atoms with Crippen LogP contribution in [0.4, 0.5) is 4.39 Å². The molecular formula is C39H38FN. The summed E-state index contributed by atoms with van der Waals surface area (Å²) < 4.78 is 15.6. The molecule has 206 valence electrons. The van der Waals surface area contributed by atoms with Crippen molar-refractivity contribution in [2.75, 3.05) is 0 Å². The number of rotatable bonds is 3. The van der Waals surface area contributed by atoms with Crippen LogP contribution in [-0.2, 0) is 5.41 Å². The van der Waals surface area contributed by atoms with Gasteiger partial charge in [0.15, 0.2) is 0 Å². The van der Waals surface area contributed by atoms with E-state index < -0.39 is 11.0 Å². The first-order valence-corrected chi connectivity index (χ1v) is 14.5. The third kappa shape index (κ3) is 4.71. The van der Waals surface area contributed by atoms with Crippen molar-refractivity contribution in [2.24, 2.45) is 17.1 Å². The van der Waals surface area contributed by atoms with E-state index in [4.69, 9.17) is 5.73 Å². The molecule has 0 radical (unpaired) electrons. The van der Waals surface area contributed by atoms with Crippen LogP contribution in [0, 0.1) is 11.3 Å². The first kappa shape index (κ1) is 27.2. The van der Waals surface area contributed by atoms with Crippen LogP contribution in [0.3, 0.4) is 0 Å². The smallest absolute Gasteiger partial charge is 0.0914 e. The molecule has 2 aromatic carbocycles. The van der Waals surface area contributed by atoms with E-state index in [0.29, 0.717) is 12.0 Å². The Morgan fingerprint density at radius 1 is 0.854 bits per heavy atom. The molecule has 0 aliphatic heterocycles. The second-order valence-corrected chi connectivity index (χ2v) is 12.6. The van der Waals surface area contributed by atoms with Crippen LogP contribution in [0.1, 0.15) is 45.2 Å². The lowest BCUT2D eigenvalue weighted by Gasteiger charge is -2.35. The standard InChI is InChI=1S/C39H38FN/c1-27-15-16-30(25-29-18-21-37(2,3)22-19-32(27)29)39(31(26-40)24-28-10-9-20-38(4,41)23-17-28)35-13-7-5-11-33(35)34-12-6-8-14-36(34)39/h5-9,11-27H,10,41H2,1-4H3/b28-24+,31-26+. The predicted molar refractivity (Wildman–Crippen MR) is 171 cm³/mol. The number of hydrogen-bond donors (Lipinski definition) is 1. The first-order valence-electron chi connectivity index (χ1n) is 14.5. The molecule has 2 aromatic rings. The molecule has 0 spiro atoms. The largest absolute Gasteiger partial charge is 0.319 e. The molecule has 2 heteroatoms. The molecule has 0 saturated heterocycles. The minimum atomic E-state index is -0.830. The third-order valence-corrected chi connectivity index (χ3v) is 8.85. The molecule has 6 rings (SSSR count). The molecule has 0 heterocycles. The number of allylic oxidation sites excluding steroid dienone is 15. The van der Waals surface area contributed by atoms with Crippen LogP contribution < -0.4 is 5.73 Å². The Balaban J connectivity index is 1.66. The highest BCUT2D eigenvalue weighted by Crippen LogP contribution is 2.58. The van der Waals surface area contributed by atoms with Crippen LogP contribution in [0.5, 0.6) is 0 Å². The van der Waals surface area contributed by atoms with Gasteiger partial charge in [-0.3, -0.25) is 0 Å². The molecule has 4 aliphatic carbocycles. The molecule has 0 fully saturated rings. The Hall–Kier alpha value is -4.01. The summed E-state index contributed by atoms with van der Waals surface area (Å²) in [5.74, 6) is 0.214. The molecule has 2 N–H and O–H groups in total. The summed E-state index contributed by atoms with van der Waals surface area (Å²) in [7, 11) is 0. The molecule has 0 aromatic heterocycles. The van der Waals surface area contributed by atoms with E-state index in [2.05, 4.69) is 118 Å². The summed E-state index contributed by atoms with van der Waals surface area (Å²) in [5.41, 5.74) is 14.6. The normalized spacial score (nSPS) is 26.7. The highest BCUT2D eigenvalue weighted by atomic mass is 19.1. The monoisotopic (exact) mass is 539 g/mol. The van der Waals surface area contributed by atoms with Crippen LogP contribution in [0.2, 0.25) is 0 Å². The van der Waals surface area contributed by atoms with E-state index in [1.807, 2.05) is 31.2 Å². The summed E-state index contributed by atoms with van der Waals surface area (Å²) in [5, 5.41) is 0. The van der Waals surface area contributed by atoms with E-state index in [1.54, 1.807) is 0 Å². The van der Waals surface area contributed by atoms with Gasteiger partial charge in [0, 0.05) is 16.5 Å². The molecule has 0 amide bonds. The van der Waals surface area contributed by atoms with E-state index in [1.165, 1.54) is 11.1 Å². The number of fused-ring (bicyclic) bond motifs is 3. The number of nitrogens with two attached hydrogens (primary N) is 1. The zero-order chi connectivity index (χ0) is 28.8. The van der Waals surface area contributed by atoms with Gasteiger partial charge in [0.1, 0.15) is 0 Å². The average molecular weight is 540 g/mol. The Morgan fingerprint density at radius 3 is 2.20 bits per heavy atom. The van der Waals surface area contributed by atoms with Crippen LogP contribution in [0.15, 0.2) is 156 Å². The quantitative estimate of drug-likeness (QED) is 0.386. The average Bonchev–Trinajstić information content (AvgIpc) is 3.09. The van der Waals surface area contributed by atoms with E-state index in [0.717, 1.165) is 39.7 Å². The van der Waals surface area contributed by atoms with Gasteiger partial charge in [0.25, 0.3) is 0 Å². The summed E-state index contributed by atoms with van der Waals surface area (Å²) in [6.45, 7) is 8.66. The van der Waals surface area contributed by atoms with Gasteiger partial charge >= 0.3 is 0 Å². The fourth-order valence-corrected chi connectivity index (χ4v) is 6.62. The van der Waals surface area contributed by atoms with Crippen molar-refractivity contribution in [1.29, 1.82) is 0 Å². The zero-order valence-corrected chi connectivity index (χ0v) is 24.4. The minimum Gasteiger partial charge on any atom is -0.319 e. The second kappa shape index (κ2) is 10.1. The van der Waals surface area contributed by atoms with Gasteiger partial charge in [0.2, 0.25) is 0 Å². The Kier molecular flexibility index (Phi) is 6.71. The van der Waals surface area contributed by atoms with Crippen LogP contribution in [0.25, 0.3) is 11.1 Å². The molecule has 0 bridgehead atoms. The summed E-state index contributed by atoms with van der Waals surface area (Å²) in [6.07, 6.45) is 27.5. The Bertz CT molecular complexity index is 1630. The van der Waals surface area contributed by atoms with Crippen molar-refractivity contribution in [3.05, 3.63) is 167 Å². The minimum absolute atomic E-state index is 0.0425. The van der Waals surface area contributed by atoms with Crippen molar-refractivity contribution in [3.8, 4) is 11.1 Å². The van der Waals surface area contributed by atoms with Gasteiger partial charge in [-0.1, -0.05) is 136 Å². The number of halogens is 1. The molecule has 1 nitrogen and oxygen atoms in total. The maximum absolute atomic E-state index is 15.6. The molecule has 0 saturated carbocycles. The maximum Gasteiger partial charge on any atom is 0.0914 e. The topological polar surface area (TPSA) is 26.0 Å². The number of benzene rings is 2. The molecule has 2 unspecified atom stereocenters. The van der Waals surface area contributed by atoms with E-state index in [9.17, 15) is 0 Å². The van der Waals surface area contributed by atoms with Crippen LogP contribution in [-0.4, -0.2) is 5.54 Å². The lowest BCUT2D eigenvalue weighted by Crippen LogP contribution is -2.30. The van der Waals surface area contributed by atoms with Crippen molar-refractivity contribution in [1.82, 2.24) is 0 Å². The van der Waals surface area contributed by atoms with Gasteiger partial charge in [-0.25, -0.2) is 4.39 Å². The molecule has 41 heavy (non-hydrogen) atoms. The zero-order valence-electron chi connectivity index (χ0n) is 24.4. The SMILES string of the molecule is CC1C=CC(C2(C(/C=C3/C=CC(C)(N)C=CC3)=C/F)c3ccccc3-c3ccccc32)=CC2=C1C=CC(C)(C)C=C2. The molecule has 2 atom stereocenters. The van der Waals surface area contributed by atoms with Crippen LogP contribution >= 0.6 is 0 Å². The summed E-state index contributed by atoms with van der Waals surface area (Å²) in [6, 6.07) is 17.0. The predicted octanol–water partition coefficient (Wildman–Crippen LogP) is 9.55. The van der Waals surface area contributed by atoms with Crippen molar-refractivity contribution in [3.63, 3.8) is 0 Å². The number of hydrogen-bond acceptors (Lipinski definition) is 1. The fraction of sp³-hybridized carbons (Fsp3) is 0.231. The van der Waals surface area contributed by atoms with Crippen molar-refractivity contribution in [2.45, 2.75) is 45.1 Å². The molecular weight excluding hydrogens is 501 g/mol. The van der Waals surface area contributed by atoms with Gasteiger partial charge in [-0.05, 0) is 69.9 Å². The summed E-state index contributed by atoms with van der Waals surface area (Å²) >= 11 is 0. The lowest BCUT2D eigenvalue weighted by atomic mass is 9.66. The van der Waals surface area contributed by atoms with Crippen molar-refractivity contribution < 1.29 is 4.39 Å². The highest BCUT2D eigenvalue weighted by Gasteiger charge is 2.48. The lowest BCUT2D eigenvalue weighted by molar-refractivity contribution is 0.626. The van der Waals surface area contributed by atoms with Gasteiger partial charge in [-0.2, -0.15) is 0 Å². The highest BCUT2D eigenvalue weighted by molar-refractivity contribution is 5.87. The third-order valence-electron chi connectivity index (χ3n) is 8.85.